The van der Waals surface area contributed by atoms with Gasteiger partial charge in [0.15, 0.2) is 0 Å². The van der Waals surface area contributed by atoms with E-state index in [0.717, 1.165) is 60.7 Å². The molecule has 0 aromatic carbocycles. The highest BCUT2D eigenvalue weighted by Crippen LogP contribution is 2.67. The SMILES string of the molecule is CC[C@H](CC[C@@H](C)[C@H]1CC[C@H]2[C@@H]3CC=C4C[C@@H](OC(N)=O)CC[C@]4(C)[C@H]3CC[C@]12C)C(C)C. The summed E-state index contributed by atoms with van der Waals surface area (Å²) in [5, 5.41) is 0. The second-order valence-corrected chi connectivity index (χ2v) is 13.3. The van der Waals surface area contributed by atoms with Crippen molar-refractivity contribution >= 4 is 6.09 Å². The van der Waals surface area contributed by atoms with Crippen LogP contribution >= 0.6 is 0 Å². The summed E-state index contributed by atoms with van der Waals surface area (Å²) in [4.78, 5) is 11.3. The third kappa shape index (κ3) is 4.52. The smallest absolute Gasteiger partial charge is 0.404 e. The van der Waals surface area contributed by atoms with Crippen molar-refractivity contribution in [1.29, 1.82) is 0 Å². The fourth-order valence-corrected chi connectivity index (χ4v) is 9.55. The van der Waals surface area contributed by atoms with Crippen molar-refractivity contribution < 1.29 is 9.53 Å². The van der Waals surface area contributed by atoms with Gasteiger partial charge in [-0.3, -0.25) is 0 Å². The van der Waals surface area contributed by atoms with Gasteiger partial charge in [-0.2, -0.15) is 0 Å². The lowest BCUT2D eigenvalue weighted by atomic mass is 9.47. The van der Waals surface area contributed by atoms with Crippen molar-refractivity contribution in [2.75, 3.05) is 0 Å². The fourth-order valence-electron chi connectivity index (χ4n) is 9.55. The third-order valence-electron chi connectivity index (χ3n) is 11.6. The van der Waals surface area contributed by atoms with Gasteiger partial charge < -0.3 is 10.5 Å². The number of nitrogens with two attached hydrogens (primary N) is 1. The molecule has 3 saturated carbocycles. The summed E-state index contributed by atoms with van der Waals surface area (Å²) in [6, 6.07) is 0. The van der Waals surface area contributed by atoms with E-state index in [1.165, 1.54) is 51.4 Å². The molecule has 0 spiro atoms. The molecule has 33 heavy (non-hydrogen) atoms. The van der Waals surface area contributed by atoms with Gasteiger partial charge in [0.1, 0.15) is 6.10 Å². The molecule has 0 aromatic rings. The van der Waals surface area contributed by atoms with Crippen LogP contribution in [0.5, 0.6) is 0 Å². The first kappa shape index (κ1) is 25.1. The van der Waals surface area contributed by atoms with E-state index >= 15 is 0 Å². The molecule has 0 bridgehead atoms. The quantitative estimate of drug-likeness (QED) is 0.392. The van der Waals surface area contributed by atoms with Crippen LogP contribution in [0, 0.1) is 52.3 Å². The first-order valence-electron chi connectivity index (χ1n) is 14.3. The van der Waals surface area contributed by atoms with Crippen LogP contribution in [0.15, 0.2) is 11.6 Å². The summed E-state index contributed by atoms with van der Waals surface area (Å²) in [5.74, 6) is 6.03. The minimum absolute atomic E-state index is 0.0123. The van der Waals surface area contributed by atoms with Crippen molar-refractivity contribution in [3.63, 3.8) is 0 Å². The number of hydrogen-bond donors (Lipinski definition) is 1. The van der Waals surface area contributed by atoms with E-state index in [2.05, 4.69) is 47.6 Å². The van der Waals surface area contributed by atoms with Gasteiger partial charge in [0.25, 0.3) is 0 Å². The zero-order valence-corrected chi connectivity index (χ0v) is 22.4. The number of allylic oxidation sites excluding steroid dienone is 1. The lowest BCUT2D eigenvalue weighted by molar-refractivity contribution is -0.0580. The van der Waals surface area contributed by atoms with E-state index in [-0.39, 0.29) is 6.10 Å². The van der Waals surface area contributed by atoms with Gasteiger partial charge in [0, 0.05) is 6.42 Å². The van der Waals surface area contributed by atoms with Gasteiger partial charge in [-0.1, -0.05) is 66.0 Å². The molecule has 9 atom stereocenters. The molecule has 4 rings (SSSR count). The second-order valence-electron chi connectivity index (χ2n) is 13.3. The Hall–Kier alpha value is -0.990. The molecule has 4 aliphatic carbocycles. The predicted molar refractivity (Wildman–Crippen MR) is 137 cm³/mol. The van der Waals surface area contributed by atoms with Crippen LogP contribution in [0.2, 0.25) is 0 Å². The molecule has 3 nitrogen and oxygen atoms in total. The van der Waals surface area contributed by atoms with Crippen molar-refractivity contribution in [2.24, 2.45) is 58.0 Å². The third-order valence-corrected chi connectivity index (χ3v) is 11.6. The van der Waals surface area contributed by atoms with Crippen molar-refractivity contribution in [1.82, 2.24) is 0 Å². The lowest BCUT2D eigenvalue weighted by Crippen LogP contribution is -2.51. The Bertz CT molecular complexity index is 744. The molecule has 4 aliphatic rings. The average Bonchev–Trinajstić information content (AvgIpc) is 3.11. The zero-order chi connectivity index (χ0) is 24.0. The van der Waals surface area contributed by atoms with Crippen LogP contribution in [-0.2, 0) is 4.74 Å². The Morgan fingerprint density at radius 1 is 1.09 bits per heavy atom. The molecule has 1 amide bonds. The Kier molecular flexibility index (Phi) is 7.29. The van der Waals surface area contributed by atoms with Gasteiger partial charge in [-0.25, -0.2) is 4.79 Å². The Morgan fingerprint density at radius 3 is 2.52 bits per heavy atom. The van der Waals surface area contributed by atoms with Crippen molar-refractivity contribution in [3.05, 3.63) is 11.6 Å². The summed E-state index contributed by atoms with van der Waals surface area (Å²) in [6.07, 6.45) is 16.1. The first-order chi connectivity index (χ1) is 15.6. The predicted octanol–water partition coefficient (Wildman–Crippen LogP) is 8.13. The van der Waals surface area contributed by atoms with Gasteiger partial charge in [0.2, 0.25) is 0 Å². The van der Waals surface area contributed by atoms with Crippen LogP contribution in [0.1, 0.15) is 112 Å². The van der Waals surface area contributed by atoms with Gasteiger partial charge >= 0.3 is 6.09 Å². The number of ether oxygens (including phenoxy) is 1. The van der Waals surface area contributed by atoms with E-state index in [1.54, 1.807) is 5.57 Å². The van der Waals surface area contributed by atoms with Gasteiger partial charge in [-0.15, -0.1) is 0 Å². The van der Waals surface area contributed by atoms with Crippen molar-refractivity contribution in [3.8, 4) is 0 Å². The number of carbonyl (C=O) groups excluding carboxylic acids is 1. The number of fused-ring (bicyclic) bond motifs is 5. The van der Waals surface area contributed by atoms with E-state index in [0.29, 0.717) is 10.8 Å². The molecule has 3 heteroatoms. The topological polar surface area (TPSA) is 52.3 Å². The molecule has 0 radical (unpaired) electrons. The Balaban J connectivity index is 1.46. The highest BCUT2D eigenvalue weighted by atomic mass is 16.6. The standard InChI is InChI=1S/C30H51NO2/c1-7-21(19(2)3)9-8-20(4)25-12-13-26-24-11-10-22-18-23(33-28(31)32)14-16-29(22,5)27(24)15-17-30(25,26)6/h10,19-21,23-27H,7-9,11-18H2,1-6H3,(H2,31,32)/t20-,21-,23+,24+,25-,26+,27+,29+,30-/m1/s1. The highest BCUT2D eigenvalue weighted by molar-refractivity contribution is 5.64. The van der Waals surface area contributed by atoms with Gasteiger partial charge in [-0.05, 0) is 104 Å². The van der Waals surface area contributed by atoms with E-state index in [1.807, 2.05) is 0 Å². The van der Waals surface area contributed by atoms with E-state index in [9.17, 15) is 4.79 Å². The highest BCUT2D eigenvalue weighted by Gasteiger charge is 2.59. The number of primary amides is 1. The number of rotatable bonds is 7. The summed E-state index contributed by atoms with van der Waals surface area (Å²) in [7, 11) is 0. The molecule has 188 valence electrons. The zero-order valence-electron chi connectivity index (χ0n) is 22.4. The number of amides is 1. The van der Waals surface area contributed by atoms with Crippen LogP contribution < -0.4 is 5.73 Å². The van der Waals surface area contributed by atoms with Crippen LogP contribution in [0.25, 0.3) is 0 Å². The van der Waals surface area contributed by atoms with Crippen LogP contribution in [0.4, 0.5) is 4.79 Å². The molecule has 3 fully saturated rings. The van der Waals surface area contributed by atoms with Crippen LogP contribution in [-0.4, -0.2) is 12.2 Å². The maximum absolute atomic E-state index is 11.3. The number of carbonyl (C=O) groups is 1. The Labute approximate surface area is 203 Å². The van der Waals surface area contributed by atoms with Crippen LogP contribution in [0.3, 0.4) is 0 Å². The monoisotopic (exact) mass is 457 g/mol. The summed E-state index contributed by atoms with van der Waals surface area (Å²) in [5.41, 5.74) is 7.72. The average molecular weight is 458 g/mol. The maximum atomic E-state index is 11.3. The minimum Gasteiger partial charge on any atom is -0.446 e. The first-order valence-corrected chi connectivity index (χ1v) is 14.3. The molecular formula is C30H51NO2. The summed E-state index contributed by atoms with van der Waals surface area (Å²) >= 11 is 0. The van der Waals surface area contributed by atoms with Gasteiger partial charge in [0.05, 0.1) is 0 Å². The molecule has 0 heterocycles. The molecule has 0 saturated heterocycles. The minimum atomic E-state index is -0.615. The summed E-state index contributed by atoms with van der Waals surface area (Å²) in [6.45, 7) is 15.0. The van der Waals surface area contributed by atoms with Crippen molar-refractivity contribution in [2.45, 2.75) is 118 Å². The summed E-state index contributed by atoms with van der Waals surface area (Å²) < 4.78 is 5.41. The molecular weight excluding hydrogens is 406 g/mol. The largest absolute Gasteiger partial charge is 0.446 e. The molecule has 0 unspecified atom stereocenters. The molecule has 0 aliphatic heterocycles. The lowest BCUT2D eigenvalue weighted by Gasteiger charge is -2.58. The van der Waals surface area contributed by atoms with E-state index < -0.39 is 6.09 Å². The Morgan fingerprint density at radius 2 is 1.85 bits per heavy atom. The molecule has 2 N–H and O–H groups in total. The fraction of sp³-hybridized carbons (Fsp3) is 0.900. The molecule has 0 aromatic heterocycles. The maximum Gasteiger partial charge on any atom is 0.404 e. The normalized spacial score (nSPS) is 42.0. The van der Waals surface area contributed by atoms with E-state index in [4.69, 9.17) is 10.5 Å². The second kappa shape index (κ2) is 9.57. The number of hydrogen-bond acceptors (Lipinski definition) is 2.